The van der Waals surface area contributed by atoms with E-state index in [0.29, 0.717) is 16.8 Å². The number of benzene rings is 1. The molecule has 15 heteroatoms. The molecule has 2 unspecified atom stereocenters. The highest BCUT2D eigenvalue weighted by atomic mass is 35.5. The zero-order valence-electron chi connectivity index (χ0n) is 16.1. The molecule has 0 aliphatic rings. The van der Waals surface area contributed by atoms with E-state index in [0.717, 1.165) is 0 Å². The summed E-state index contributed by atoms with van der Waals surface area (Å²) >= 11 is 5.55. The van der Waals surface area contributed by atoms with Gasteiger partial charge >= 0.3 is 0 Å². The van der Waals surface area contributed by atoms with Crippen LogP contribution in [-0.2, 0) is 0 Å². The Morgan fingerprint density at radius 2 is 1.53 bits per heavy atom. The Bertz CT molecular complexity index is 1310. The third kappa shape index (κ3) is 4.67. The summed E-state index contributed by atoms with van der Waals surface area (Å²) in [6.07, 6.45) is -11.0. The fourth-order valence-corrected chi connectivity index (χ4v) is 3.10. The second-order valence-corrected chi connectivity index (χ2v) is 7.06. The summed E-state index contributed by atoms with van der Waals surface area (Å²) in [5.74, 6) is -7.74. The van der Waals surface area contributed by atoms with Crippen molar-refractivity contribution in [1.82, 2.24) is 14.9 Å². The van der Waals surface area contributed by atoms with Crippen LogP contribution >= 0.6 is 11.6 Å². The Morgan fingerprint density at radius 1 is 0.941 bits per heavy atom. The van der Waals surface area contributed by atoms with Crippen LogP contribution in [0.5, 0.6) is 0 Å². The fourth-order valence-electron chi connectivity index (χ4n) is 2.97. The van der Waals surface area contributed by atoms with Gasteiger partial charge in [0.25, 0.3) is 18.8 Å². The lowest BCUT2D eigenvalue weighted by atomic mass is 10.1. The zero-order valence-corrected chi connectivity index (χ0v) is 16.9. The van der Waals surface area contributed by atoms with Gasteiger partial charge in [0.15, 0.2) is 34.4 Å². The molecule has 1 amide bonds. The van der Waals surface area contributed by atoms with Gasteiger partial charge < -0.3 is 5.32 Å². The van der Waals surface area contributed by atoms with Crippen molar-refractivity contribution in [2.45, 2.75) is 25.1 Å². The van der Waals surface area contributed by atoms with Crippen LogP contribution in [0.25, 0.3) is 16.7 Å². The largest absolute Gasteiger partial charge is 0.340 e. The molecule has 2 atom stereocenters. The Morgan fingerprint density at radius 3 is 2.06 bits per heavy atom. The van der Waals surface area contributed by atoms with E-state index in [1.165, 1.54) is 5.32 Å². The second kappa shape index (κ2) is 9.52. The molecule has 1 aromatic carbocycles. The maximum absolute atomic E-state index is 14.4. The van der Waals surface area contributed by atoms with Gasteiger partial charge in [0.1, 0.15) is 23.1 Å². The van der Waals surface area contributed by atoms with Crippen molar-refractivity contribution >= 4 is 28.5 Å². The van der Waals surface area contributed by atoms with Gasteiger partial charge in [0, 0.05) is 18.3 Å². The second-order valence-electron chi connectivity index (χ2n) is 6.70. The fraction of sp³-hybridized carbons (Fsp3) is 0.211. The minimum Gasteiger partial charge on any atom is -0.340 e. The van der Waals surface area contributed by atoms with E-state index < -0.39 is 87.1 Å². The van der Waals surface area contributed by atoms with Crippen molar-refractivity contribution < 1.29 is 44.3 Å². The van der Waals surface area contributed by atoms with Crippen LogP contribution in [0.4, 0.5) is 39.5 Å². The standard InChI is InChI=1S/C19H9ClF9N3O2/c20-15-10(24)3-6-14(33)7(19(34)30-12(17(28)29)11(25)16(26)27)4-32(18(6)31-15)13-8(22)1-5(21)2-9(13)23/h1-4,11-12,16-17H,(H,30,34). The molecule has 182 valence electrons. The van der Waals surface area contributed by atoms with Crippen molar-refractivity contribution in [1.29, 1.82) is 0 Å². The lowest BCUT2D eigenvalue weighted by Gasteiger charge is -2.21. The summed E-state index contributed by atoms with van der Waals surface area (Å²) in [6, 6.07) is -2.26. The molecule has 0 aliphatic heterocycles. The Balaban J connectivity index is 2.29. The number of fused-ring (bicyclic) bond motifs is 1. The first kappa shape index (κ1) is 25.3. The van der Waals surface area contributed by atoms with Gasteiger partial charge in [-0.2, -0.15) is 0 Å². The van der Waals surface area contributed by atoms with Gasteiger partial charge in [0.05, 0.1) is 5.39 Å². The monoisotopic (exact) mass is 517 g/mol. The van der Waals surface area contributed by atoms with E-state index in [2.05, 4.69) is 4.98 Å². The number of halogens is 10. The highest BCUT2D eigenvalue weighted by Gasteiger charge is 2.38. The molecule has 0 spiro atoms. The van der Waals surface area contributed by atoms with Crippen molar-refractivity contribution in [2.75, 3.05) is 0 Å². The Hall–Kier alpha value is -3.29. The van der Waals surface area contributed by atoms with Crippen LogP contribution in [0, 0.1) is 23.3 Å². The first-order valence-corrected chi connectivity index (χ1v) is 9.28. The molecule has 3 rings (SSSR count). The summed E-state index contributed by atoms with van der Waals surface area (Å²) in [6.45, 7) is 0. The number of pyridine rings is 2. The van der Waals surface area contributed by atoms with E-state index >= 15 is 0 Å². The predicted molar refractivity (Wildman–Crippen MR) is 100 cm³/mol. The maximum Gasteiger partial charge on any atom is 0.271 e. The maximum atomic E-state index is 14.4. The predicted octanol–water partition coefficient (Wildman–Crippen LogP) is 4.56. The number of carbonyl (C=O) groups excluding carboxylic acids is 1. The van der Waals surface area contributed by atoms with Gasteiger partial charge in [-0.05, 0) is 6.07 Å². The molecule has 0 saturated heterocycles. The van der Waals surface area contributed by atoms with Crippen LogP contribution in [0.2, 0.25) is 5.15 Å². The van der Waals surface area contributed by atoms with Gasteiger partial charge in [-0.25, -0.2) is 44.5 Å². The number of nitrogens with one attached hydrogen (secondary N) is 1. The van der Waals surface area contributed by atoms with E-state index in [4.69, 9.17) is 11.6 Å². The zero-order chi connectivity index (χ0) is 25.5. The molecule has 0 aliphatic carbocycles. The minimum absolute atomic E-state index is 0.205. The molecule has 0 bridgehead atoms. The molecular weight excluding hydrogens is 509 g/mol. The van der Waals surface area contributed by atoms with E-state index in [1.54, 1.807) is 0 Å². The van der Waals surface area contributed by atoms with E-state index in [-0.39, 0.29) is 12.1 Å². The average molecular weight is 518 g/mol. The smallest absolute Gasteiger partial charge is 0.271 e. The van der Waals surface area contributed by atoms with E-state index in [9.17, 15) is 49.1 Å². The summed E-state index contributed by atoms with van der Waals surface area (Å²) in [7, 11) is 0. The summed E-state index contributed by atoms with van der Waals surface area (Å²) in [5.41, 5.74) is -4.56. The first-order valence-electron chi connectivity index (χ1n) is 8.91. The molecule has 3 aromatic rings. The van der Waals surface area contributed by atoms with Crippen molar-refractivity contribution in [3.8, 4) is 5.69 Å². The topological polar surface area (TPSA) is 64.0 Å². The summed E-state index contributed by atoms with van der Waals surface area (Å²) in [5, 5.41) is -0.512. The number of aromatic nitrogens is 2. The van der Waals surface area contributed by atoms with Gasteiger partial charge in [-0.3, -0.25) is 14.2 Å². The molecule has 0 radical (unpaired) electrons. The van der Waals surface area contributed by atoms with Crippen LogP contribution < -0.4 is 10.7 Å². The van der Waals surface area contributed by atoms with Gasteiger partial charge in [-0.1, -0.05) is 11.6 Å². The minimum atomic E-state index is -3.93. The number of hydrogen-bond acceptors (Lipinski definition) is 3. The number of carbonyl (C=O) groups is 1. The molecule has 2 aromatic heterocycles. The van der Waals surface area contributed by atoms with Crippen LogP contribution in [-0.4, -0.2) is 40.5 Å². The van der Waals surface area contributed by atoms with Crippen LogP contribution in [0.3, 0.4) is 0 Å². The van der Waals surface area contributed by atoms with Gasteiger partial charge in [0.2, 0.25) is 5.43 Å². The molecule has 2 heterocycles. The highest BCUT2D eigenvalue weighted by molar-refractivity contribution is 6.29. The number of nitrogens with zero attached hydrogens (tertiary/aromatic N) is 2. The van der Waals surface area contributed by atoms with Gasteiger partial charge in [-0.15, -0.1) is 0 Å². The van der Waals surface area contributed by atoms with Crippen molar-refractivity contribution in [3.05, 3.63) is 68.6 Å². The number of hydrogen-bond donors (Lipinski definition) is 1. The highest BCUT2D eigenvalue weighted by Crippen LogP contribution is 2.25. The number of alkyl halides is 5. The third-order valence-electron chi connectivity index (χ3n) is 4.51. The summed E-state index contributed by atoms with van der Waals surface area (Å²) < 4.78 is 121. The number of rotatable bonds is 6. The van der Waals surface area contributed by atoms with Crippen LogP contribution in [0.1, 0.15) is 10.4 Å². The molecule has 0 fully saturated rings. The third-order valence-corrected chi connectivity index (χ3v) is 4.77. The van der Waals surface area contributed by atoms with Crippen molar-refractivity contribution in [2.24, 2.45) is 0 Å². The quantitative estimate of drug-likeness (QED) is 0.385. The molecule has 5 nitrogen and oxygen atoms in total. The Labute approximate surface area is 187 Å². The van der Waals surface area contributed by atoms with Crippen LogP contribution in [0.15, 0.2) is 29.2 Å². The molecule has 1 N–H and O–H groups in total. The molecule has 34 heavy (non-hydrogen) atoms. The Kier molecular flexibility index (Phi) is 7.10. The normalized spacial score (nSPS) is 13.5. The lowest BCUT2D eigenvalue weighted by Crippen LogP contribution is -2.49. The molecule has 0 saturated carbocycles. The average Bonchev–Trinajstić information content (AvgIpc) is 2.73. The van der Waals surface area contributed by atoms with Crippen molar-refractivity contribution in [3.63, 3.8) is 0 Å². The molecular formula is C19H9ClF9N3O2. The SMILES string of the molecule is O=C(NC(C(F)F)C(F)C(F)F)c1cn(-c2c(F)cc(F)cc2F)c2nc(Cl)c(F)cc2c1=O. The summed E-state index contributed by atoms with van der Waals surface area (Å²) in [4.78, 5) is 28.6. The lowest BCUT2D eigenvalue weighted by molar-refractivity contribution is -0.0201. The number of amides is 1. The van der Waals surface area contributed by atoms with E-state index in [1.807, 2.05) is 0 Å². The first-order chi connectivity index (χ1) is 15.8.